The molecular formula is C17H20N2O. The van der Waals surface area contributed by atoms with E-state index in [-0.39, 0.29) is 0 Å². The van der Waals surface area contributed by atoms with Crippen LogP contribution in [0.2, 0.25) is 0 Å². The third-order valence-electron chi connectivity index (χ3n) is 3.74. The first-order chi connectivity index (χ1) is 9.76. The summed E-state index contributed by atoms with van der Waals surface area (Å²) in [4.78, 5) is 4.72. The van der Waals surface area contributed by atoms with Gasteiger partial charge in [0, 0.05) is 23.8 Å². The SMILES string of the molecule is COc1ccc(-c2ccc(CNC3CC3)c(C)n2)cc1. The largest absolute Gasteiger partial charge is 0.497 e. The number of rotatable bonds is 5. The topological polar surface area (TPSA) is 34.1 Å². The highest BCUT2D eigenvalue weighted by atomic mass is 16.5. The zero-order chi connectivity index (χ0) is 13.9. The van der Waals surface area contributed by atoms with Gasteiger partial charge in [0.2, 0.25) is 0 Å². The second-order valence-corrected chi connectivity index (χ2v) is 5.32. The van der Waals surface area contributed by atoms with Crippen LogP contribution in [0.4, 0.5) is 0 Å². The Balaban J connectivity index is 1.77. The minimum atomic E-state index is 0.732. The van der Waals surface area contributed by atoms with E-state index < -0.39 is 0 Å². The molecule has 1 saturated carbocycles. The molecule has 1 fully saturated rings. The predicted molar refractivity (Wildman–Crippen MR) is 80.8 cm³/mol. The number of ether oxygens (including phenoxy) is 1. The van der Waals surface area contributed by atoms with Gasteiger partial charge in [-0.1, -0.05) is 6.07 Å². The van der Waals surface area contributed by atoms with Crippen molar-refractivity contribution in [1.29, 1.82) is 0 Å². The van der Waals surface area contributed by atoms with Crippen LogP contribution in [0.1, 0.15) is 24.1 Å². The maximum atomic E-state index is 5.18. The Bertz CT molecular complexity index is 588. The van der Waals surface area contributed by atoms with Crippen LogP contribution in [0, 0.1) is 6.92 Å². The smallest absolute Gasteiger partial charge is 0.118 e. The van der Waals surface area contributed by atoms with Gasteiger partial charge in [0.05, 0.1) is 12.8 Å². The second kappa shape index (κ2) is 5.63. The first-order valence-corrected chi connectivity index (χ1v) is 7.10. The van der Waals surface area contributed by atoms with Gasteiger partial charge in [-0.05, 0) is 55.7 Å². The molecule has 0 unspecified atom stereocenters. The molecule has 3 rings (SSSR count). The van der Waals surface area contributed by atoms with E-state index in [0.29, 0.717) is 0 Å². The van der Waals surface area contributed by atoms with Gasteiger partial charge in [-0.15, -0.1) is 0 Å². The van der Waals surface area contributed by atoms with Crippen molar-refractivity contribution >= 4 is 0 Å². The lowest BCUT2D eigenvalue weighted by molar-refractivity contribution is 0.415. The predicted octanol–water partition coefficient (Wildman–Crippen LogP) is 3.32. The number of methoxy groups -OCH3 is 1. The zero-order valence-corrected chi connectivity index (χ0v) is 12.0. The summed E-state index contributed by atoms with van der Waals surface area (Å²) in [7, 11) is 1.68. The Kier molecular flexibility index (Phi) is 3.70. The molecule has 0 atom stereocenters. The van der Waals surface area contributed by atoms with E-state index in [4.69, 9.17) is 9.72 Å². The summed E-state index contributed by atoms with van der Waals surface area (Å²) in [6.07, 6.45) is 2.63. The van der Waals surface area contributed by atoms with Crippen molar-refractivity contribution in [3.8, 4) is 17.0 Å². The monoisotopic (exact) mass is 268 g/mol. The molecule has 3 heteroatoms. The van der Waals surface area contributed by atoms with Crippen molar-refractivity contribution in [1.82, 2.24) is 10.3 Å². The Hall–Kier alpha value is -1.87. The molecule has 1 N–H and O–H groups in total. The van der Waals surface area contributed by atoms with Crippen molar-refractivity contribution in [3.63, 3.8) is 0 Å². The lowest BCUT2D eigenvalue weighted by Gasteiger charge is -2.09. The van der Waals surface area contributed by atoms with Gasteiger partial charge in [0.1, 0.15) is 5.75 Å². The number of aryl methyl sites for hydroxylation is 1. The first-order valence-electron chi connectivity index (χ1n) is 7.10. The lowest BCUT2D eigenvalue weighted by atomic mass is 10.1. The van der Waals surface area contributed by atoms with Crippen LogP contribution >= 0.6 is 0 Å². The Morgan fingerprint density at radius 2 is 1.90 bits per heavy atom. The van der Waals surface area contributed by atoms with Gasteiger partial charge < -0.3 is 10.1 Å². The minimum Gasteiger partial charge on any atom is -0.497 e. The molecule has 0 aliphatic heterocycles. The van der Waals surface area contributed by atoms with Crippen LogP contribution in [0.5, 0.6) is 5.75 Å². The van der Waals surface area contributed by atoms with E-state index in [0.717, 1.165) is 35.3 Å². The maximum absolute atomic E-state index is 5.18. The molecule has 0 amide bonds. The van der Waals surface area contributed by atoms with E-state index in [1.165, 1.54) is 18.4 Å². The van der Waals surface area contributed by atoms with Crippen LogP contribution in [-0.4, -0.2) is 18.1 Å². The average molecular weight is 268 g/mol. The normalized spacial score (nSPS) is 14.3. The summed E-state index contributed by atoms with van der Waals surface area (Å²) in [6, 6.07) is 13.0. The van der Waals surface area contributed by atoms with E-state index >= 15 is 0 Å². The number of benzene rings is 1. The summed E-state index contributed by atoms with van der Waals surface area (Å²) < 4.78 is 5.18. The highest BCUT2D eigenvalue weighted by molar-refractivity contribution is 5.60. The molecule has 2 aromatic rings. The maximum Gasteiger partial charge on any atom is 0.118 e. The number of hydrogen-bond donors (Lipinski definition) is 1. The minimum absolute atomic E-state index is 0.732. The summed E-state index contributed by atoms with van der Waals surface area (Å²) in [5.41, 5.74) is 4.52. The first kappa shape index (κ1) is 13.1. The van der Waals surface area contributed by atoms with Crippen molar-refractivity contribution in [2.45, 2.75) is 32.4 Å². The standard InChI is InChI=1S/C17H20N2O/c1-12-14(11-18-15-6-7-15)5-10-17(19-12)13-3-8-16(20-2)9-4-13/h3-5,8-10,15,18H,6-7,11H2,1-2H3. The van der Waals surface area contributed by atoms with Gasteiger partial charge >= 0.3 is 0 Å². The number of hydrogen-bond acceptors (Lipinski definition) is 3. The molecule has 1 aromatic heterocycles. The van der Waals surface area contributed by atoms with Crippen LogP contribution in [0.3, 0.4) is 0 Å². The zero-order valence-electron chi connectivity index (χ0n) is 12.0. The third-order valence-corrected chi connectivity index (χ3v) is 3.74. The van der Waals surface area contributed by atoms with Crippen molar-refractivity contribution < 1.29 is 4.74 Å². The summed E-state index contributed by atoms with van der Waals surface area (Å²) in [6.45, 7) is 3.00. The van der Waals surface area contributed by atoms with Crippen molar-refractivity contribution in [2.75, 3.05) is 7.11 Å². The fourth-order valence-corrected chi connectivity index (χ4v) is 2.24. The third kappa shape index (κ3) is 2.99. The van der Waals surface area contributed by atoms with Gasteiger partial charge in [-0.25, -0.2) is 0 Å². The quantitative estimate of drug-likeness (QED) is 0.903. The number of pyridine rings is 1. The van der Waals surface area contributed by atoms with E-state index in [2.05, 4.69) is 24.4 Å². The average Bonchev–Trinajstić information content (AvgIpc) is 3.30. The molecule has 1 aliphatic rings. The second-order valence-electron chi connectivity index (χ2n) is 5.32. The molecule has 0 bridgehead atoms. The number of aromatic nitrogens is 1. The summed E-state index contributed by atoms with van der Waals surface area (Å²) in [5.74, 6) is 0.871. The van der Waals surface area contributed by atoms with Crippen LogP contribution in [0.25, 0.3) is 11.3 Å². The molecule has 0 saturated heterocycles. The summed E-state index contributed by atoms with van der Waals surface area (Å²) in [5, 5.41) is 3.53. The van der Waals surface area contributed by atoms with Crippen LogP contribution in [0.15, 0.2) is 36.4 Å². The highest BCUT2D eigenvalue weighted by Crippen LogP contribution is 2.23. The summed E-state index contributed by atoms with van der Waals surface area (Å²) >= 11 is 0. The fraction of sp³-hybridized carbons (Fsp3) is 0.353. The molecule has 0 spiro atoms. The molecule has 0 radical (unpaired) electrons. The van der Waals surface area contributed by atoms with Crippen LogP contribution in [-0.2, 0) is 6.54 Å². The van der Waals surface area contributed by atoms with Gasteiger partial charge in [-0.3, -0.25) is 4.98 Å². The fourth-order valence-electron chi connectivity index (χ4n) is 2.24. The van der Waals surface area contributed by atoms with Gasteiger partial charge in [0.25, 0.3) is 0 Å². The van der Waals surface area contributed by atoms with E-state index in [9.17, 15) is 0 Å². The number of nitrogens with one attached hydrogen (secondary N) is 1. The van der Waals surface area contributed by atoms with Gasteiger partial charge in [0.15, 0.2) is 0 Å². The molecule has 1 aromatic carbocycles. The lowest BCUT2D eigenvalue weighted by Crippen LogP contribution is -2.16. The molecule has 104 valence electrons. The Morgan fingerprint density at radius 3 is 2.50 bits per heavy atom. The van der Waals surface area contributed by atoms with E-state index in [1.807, 2.05) is 24.3 Å². The molecule has 1 aliphatic carbocycles. The van der Waals surface area contributed by atoms with Crippen LogP contribution < -0.4 is 10.1 Å². The molecular weight excluding hydrogens is 248 g/mol. The Morgan fingerprint density at radius 1 is 1.15 bits per heavy atom. The van der Waals surface area contributed by atoms with Crippen molar-refractivity contribution in [3.05, 3.63) is 47.7 Å². The van der Waals surface area contributed by atoms with Gasteiger partial charge in [-0.2, -0.15) is 0 Å². The number of nitrogens with zero attached hydrogens (tertiary/aromatic N) is 1. The molecule has 1 heterocycles. The molecule has 20 heavy (non-hydrogen) atoms. The Labute approximate surface area is 120 Å². The highest BCUT2D eigenvalue weighted by Gasteiger charge is 2.20. The molecule has 3 nitrogen and oxygen atoms in total. The van der Waals surface area contributed by atoms with E-state index in [1.54, 1.807) is 7.11 Å². The van der Waals surface area contributed by atoms with Crippen molar-refractivity contribution in [2.24, 2.45) is 0 Å².